The highest BCUT2D eigenvalue weighted by Gasteiger charge is 2.33. The lowest BCUT2D eigenvalue weighted by Crippen LogP contribution is -2.36. The number of nitrogens with one attached hydrogen (secondary N) is 1. The van der Waals surface area contributed by atoms with Crippen molar-refractivity contribution >= 4 is 27.5 Å². The summed E-state index contributed by atoms with van der Waals surface area (Å²) in [4.78, 5) is 25.2. The summed E-state index contributed by atoms with van der Waals surface area (Å²) in [5.74, 6) is 0.133. The Bertz CT molecular complexity index is 895. The zero-order valence-electron chi connectivity index (χ0n) is 17.5. The second-order valence-corrected chi connectivity index (χ2v) is 9.58. The molecule has 0 bridgehead atoms. The van der Waals surface area contributed by atoms with Crippen molar-refractivity contribution < 1.29 is 19.7 Å². The van der Waals surface area contributed by atoms with E-state index in [1.54, 1.807) is 17.7 Å². The molecule has 1 fully saturated rings. The maximum atomic E-state index is 11.9. The molecule has 1 saturated carbocycles. The number of thiophene rings is 1. The number of amides is 1. The second-order valence-electron chi connectivity index (χ2n) is 8.50. The Morgan fingerprint density at radius 1 is 1.30 bits per heavy atom. The molecule has 3 N–H and O–H groups in total. The van der Waals surface area contributed by atoms with E-state index in [4.69, 9.17) is 9.84 Å². The van der Waals surface area contributed by atoms with Crippen LogP contribution in [0.15, 0.2) is 6.33 Å². The van der Waals surface area contributed by atoms with Crippen LogP contribution in [0.5, 0.6) is 5.88 Å². The highest BCUT2D eigenvalue weighted by atomic mass is 32.1. The first-order valence-corrected chi connectivity index (χ1v) is 11.5. The Balaban J connectivity index is 1.54. The molecule has 2 atom stereocenters. The fourth-order valence-corrected chi connectivity index (χ4v) is 6.01. The first kappa shape index (κ1) is 21.4. The summed E-state index contributed by atoms with van der Waals surface area (Å²) >= 11 is 1.66. The van der Waals surface area contributed by atoms with Gasteiger partial charge in [0.25, 0.3) is 5.91 Å². The summed E-state index contributed by atoms with van der Waals surface area (Å²) < 4.78 is 6.38. The van der Waals surface area contributed by atoms with E-state index >= 15 is 0 Å². The van der Waals surface area contributed by atoms with Gasteiger partial charge in [0, 0.05) is 10.9 Å². The monoisotopic (exact) mass is 434 g/mol. The van der Waals surface area contributed by atoms with Crippen LogP contribution in [0, 0.1) is 0 Å². The largest absolute Gasteiger partial charge is 0.474 e. The van der Waals surface area contributed by atoms with Gasteiger partial charge in [-0.05, 0) is 70.5 Å². The van der Waals surface area contributed by atoms with Crippen LogP contribution >= 0.6 is 11.3 Å². The number of rotatable bonds is 7. The van der Waals surface area contributed by atoms with Gasteiger partial charge >= 0.3 is 0 Å². The smallest absolute Gasteiger partial charge is 0.250 e. The number of carbonyl (C=O) groups is 1. The van der Waals surface area contributed by atoms with E-state index in [2.05, 4.69) is 34.3 Å². The number of hydrogen-bond donors (Lipinski definition) is 3. The average molecular weight is 435 g/mol. The summed E-state index contributed by atoms with van der Waals surface area (Å²) in [5, 5.41) is 22.3. The fourth-order valence-electron chi connectivity index (χ4n) is 4.78. The molecule has 2 heterocycles. The maximum Gasteiger partial charge on any atom is 0.250 e. The van der Waals surface area contributed by atoms with Gasteiger partial charge in [0.2, 0.25) is 5.88 Å². The zero-order valence-corrected chi connectivity index (χ0v) is 18.3. The lowest BCUT2D eigenvalue weighted by molar-refractivity contribution is -0.131. The van der Waals surface area contributed by atoms with Crippen molar-refractivity contribution in [1.82, 2.24) is 20.2 Å². The third kappa shape index (κ3) is 4.30. The Morgan fingerprint density at radius 3 is 2.77 bits per heavy atom. The van der Waals surface area contributed by atoms with E-state index in [-0.39, 0.29) is 12.0 Å². The molecule has 2 unspecified atom stereocenters. The van der Waals surface area contributed by atoms with E-state index < -0.39 is 18.7 Å². The summed E-state index contributed by atoms with van der Waals surface area (Å²) in [6.07, 6.45) is 6.89. The summed E-state index contributed by atoms with van der Waals surface area (Å²) in [5.41, 5.74) is 1.13. The van der Waals surface area contributed by atoms with Crippen molar-refractivity contribution in [3.8, 4) is 5.88 Å². The number of aromatic nitrogens is 2. The van der Waals surface area contributed by atoms with E-state index in [1.807, 2.05) is 0 Å². The molecule has 0 saturated heterocycles. The number of aliphatic hydroxyl groups is 2. The second kappa shape index (κ2) is 9.13. The van der Waals surface area contributed by atoms with Crippen molar-refractivity contribution in [2.45, 2.75) is 69.1 Å². The lowest BCUT2D eigenvalue weighted by atomic mass is 9.92. The molecule has 0 aliphatic heterocycles. The van der Waals surface area contributed by atoms with Crippen LogP contribution in [0.3, 0.4) is 0 Å². The number of carbonyl (C=O) groups excluding carboxylic acids is 1. The molecule has 2 aromatic heterocycles. The molecule has 0 spiro atoms. The van der Waals surface area contributed by atoms with E-state index in [0.29, 0.717) is 18.3 Å². The SMILES string of the molecule is CN(C)C1CCC(Oc2ncnc3sc4c(c23)C(CC(O)C(=O)NCO)CC4)CC1. The molecule has 30 heavy (non-hydrogen) atoms. The van der Waals surface area contributed by atoms with Gasteiger partial charge in [0.05, 0.1) is 5.39 Å². The van der Waals surface area contributed by atoms with Gasteiger partial charge in [-0.1, -0.05) is 0 Å². The van der Waals surface area contributed by atoms with Crippen LogP contribution in [-0.4, -0.2) is 70.1 Å². The van der Waals surface area contributed by atoms with Gasteiger partial charge in [-0.3, -0.25) is 4.79 Å². The Kier molecular flexibility index (Phi) is 6.52. The van der Waals surface area contributed by atoms with Gasteiger partial charge in [0.15, 0.2) is 0 Å². The van der Waals surface area contributed by atoms with Crippen LogP contribution < -0.4 is 10.1 Å². The molecule has 2 aliphatic carbocycles. The van der Waals surface area contributed by atoms with E-state index in [0.717, 1.165) is 54.3 Å². The van der Waals surface area contributed by atoms with Crippen LogP contribution in [-0.2, 0) is 11.2 Å². The molecule has 0 radical (unpaired) electrons. The molecule has 9 heteroatoms. The van der Waals surface area contributed by atoms with Gasteiger partial charge in [-0.2, -0.15) is 0 Å². The van der Waals surface area contributed by atoms with Crippen LogP contribution in [0.25, 0.3) is 10.2 Å². The van der Waals surface area contributed by atoms with Gasteiger partial charge in [-0.15, -0.1) is 11.3 Å². The predicted molar refractivity (Wildman–Crippen MR) is 115 cm³/mol. The van der Waals surface area contributed by atoms with Crippen LogP contribution in [0.1, 0.15) is 54.9 Å². The quantitative estimate of drug-likeness (QED) is 0.570. The predicted octanol–water partition coefficient (Wildman–Crippen LogP) is 1.79. The topological polar surface area (TPSA) is 108 Å². The van der Waals surface area contributed by atoms with Gasteiger partial charge < -0.3 is 25.2 Å². The van der Waals surface area contributed by atoms with Gasteiger partial charge in [0.1, 0.15) is 30.1 Å². The molecular weight excluding hydrogens is 404 g/mol. The number of fused-ring (bicyclic) bond motifs is 3. The minimum Gasteiger partial charge on any atom is -0.474 e. The fraction of sp³-hybridized carbons (Fsp3) is 0.667. The standard InChI is InChI=1S/C21H30N4O4S/c1-25(2)13-4-6-14(7-5-13)29-20-18-17-12(9-15(27)19(28)24-11-26)3-8-16(17)30-21(18)23-10-22-20/h10,12-15,26-27H,3-9,11H2,1-2H3,(H,24,28). The van der Waals surface area contributed by atoms with Crippen molar-refractivity contribution in [3.05, 3.63) is 16.8 Å². The zero-order chi connectivity index (χ0) is 21.3. The minimum absolute atomic E-state index is 0.0472. The Morgan fingerprint density at radius 2 is 2.07 bits per heavy atom. The normalized spacial score (nSPS) is 24.8. The molecule has 1 amide bonds. The Labute approximate surface area is 180 Å². The number of aliphatic hydroxyl groups excluding tert-OH is 2. The van der Waals surface area contributed by atoms with Crippen LogP contribution in [0.2, 0.25) is 0 Å². The molecule has 2 aliphatic rings. The highest BCUT2D eigenvalue weighted by Crippen LogP contribution is 2.47. The number of aryl methyl sites for hydroxylation is 1. The molecular formula is C21H30N4O4S. The highest BCUT2D eigenvalue weighted by molar-refractivity contribution is 7.19. The number of ether oxygens (including phenoxy) is 1. The Hall–Kier alpha value is -1.81. The minimum atomic E-state index is -1.15. The third-order valence-electron chi connectivity index (χ3n) is 6.41. The van der Waals surface area contributed by atoms with Crippen molar-refractivity contribution in [2.24, 2.45) is 0 Å². The summed E-state index contributed by atoms with van der Waals surface area (Å²) in [6.45, 7) is -0.477. The molecule has 8 nitrogen and oxygen atoms in total. The van der Waals surface area contributed by atoms with Crippen molar-refractivity contribution in [3.63, 3.8) is 0 Å². The van der Waals surface area contributed by atoms with Gasteiger partial charge in [-0.25, -0.2) is 9.97 Å². The average Bonchev–Trinajstić information content (AvgIpc) is 3.28. The molecule has 4 rings (SSSR count). The number of hydrogen-bond acceptors (Lipinski definition) is 8. The number of nitrogens with zero attached hydrogens (tertiary/aromatic N) is 3. The molecule has 2 aromatic rings. The van der Waals surface area contributed by atoms with Crippen molar-refractivity contribution in [2.75, 3.05) is 20.8 Å². The van der Waals surface area contributed by atoms with Crippen LogP contribution in [0.4, 0.5) is 0 Å². The first-order chi connectivity index (χ1) is 14.5. The van der Waals surface area contributed by atoms with E-state index in [9.17, 15) is 9.90 Å². The lowest BCUT2D eigenvalue weighted by Gasteiger charge is -2.32. The molecule has 0 aromatic carbocycles. The van der Waals surface area contributed by atoms with E-state index in [1.165, 1.54) is 4.88 Å². The summed E-state index contributed by atoms with van der Waals surface area (Å²) in [6, 6.07) is 0.608. The van der Waals surface area contributed by atoms with Crippen molar-refractivity contribution in [1.29, 1.82) is 0 Å². The third-order valence-corrected chi connectivity index (χ3v) is 7.58. The summed E-state index contributed by atoms with van der Waals surface area (Å²) in [7, 11) is 4.26. The first-order valence-electron chi connectivity index (χ1n) is 10.6. The maximum absolute atomic E-state index is 11.9. The molecule has 164 valence electrons.